The molecule has 8 amide bonds. The molecule has 0 aliphatic carbocycles. The molecule has 0 radical (unpaired) electrons. The maximum Gasteiger partial charge on any atom is 0.407 e. The van der Waals surface area contributed by atoms with Crippen LogP contribution in [0.25, 0.3) is 0 Å². The number of nitrogens with one attached hydrogen (secondary N) is 5. The number of alkyl carbamates (subject to hydrolysis) is 1. The van der Waals surface area contributed by atoms with Crippen molar-refractivity contribution in [3.63, 3.8) is 0 Å². The minimum absolute atomic E-state index is 0.0135. The van der Waals surface area contributed by atoms with Crippen molar-refractivity contribution >= 4 is 47.3 Å². The first kappa shape index (κ1) is 51.3. The van der Waals surface area contributed by atoms with Crippen LogP contribution in [-0.4, -0.2) is 118 Å². The Labute approximate surface area is 354 Å². The highest BCUT2D eigenvalue weighted by molar-refractivity contribution is 6.03. The molecule has 338 valence electrons. The lowest BCUT2D eigenvalue weighted by Crippen LogP contribution is -2.54. The fourth-order valence-electron chi connectivity index (χ4n) is 5.90. The molecule has 18 heteroatoms. The van der Waals surface area contributed by atoms with Gasteiger partial charge in [0, 0.05) is 50.7 Å². The maximum atomic E-state index is 13.5. The molecule has 1 heterocycles. The van der Waals surface area contributed by atoms with E-state index >= 15 is 0 Å². The van der Waals surface area contributed by atoms with Gasteiger partial charge in [-0.1, -0.05) is 60.1 Å². The van der Waals surface area contributed by atoms with Crippen molar-refractivity contribution in [3.05, 3.63) is 29.8 Å². The Hall–Kier alpha value is -4.81. The van der Waals surface area contributed by atoms with E-state index in [1.165, 1.54) is 4.90 Å². The summed E-state index contributed by atoms with van der Waals surface area (Å²) in [4.78, 5) is 88.5. The van der Waals surface area contributed by atoms with Crippen LogP contribution in [0.5, 0.6) is 0 Å². The molecule has 60 heavy (non-hydrogen) atoms. The van der Waals surface area contributed by atoms with Crippen molar-refractivity contribution in [2.75, 3.05) is 64.6 Å². The SMILES string of the molecule is CC1CC(=O)N(CCCCCC(=O)N[C@H](C(=O)N[C@@H](CCCNC(N)=O)C(=O)Nc2ccc(COC(=O)NCCOCCOCCOCCC(C)(C)C)cc2)C(C)C)C1=O. The van der Waals surface area contributed by atoms with E-state index in [-0.39, 0.29) is 73.9 Å². The topological polar surface area (TPSA) is 246 Å². The number of likely N-dealkylation sites (tertiary alicyclic amines) is 1. The van der Waals surface area contributed by atoms with Crippen LogP contribution in [0.1, 0.15) is 98.5 Å². The molecule has 1 aliphatic rings. The molecule has 2 rings (SSSR count). The van der Waals surface area contributed by atoms with Gasteiger partial charge in [-0.15, -0.1) is 0 Å². The molecule has 1 fully saturated rings. The van der Waals surface area contributed by atoms with E-state index in [1.807, 2.05) is 0 Å². The predicted molar refractivity (Wildman–Crippen MR) is 224 cm³/mol. The monoisotopic (exact) mass is 848 g/mol. The fraction of sp³-hybridized carbons (Fsp3) is 0.690. The Bertz CT molecular complexity index is 1520. The summed E-state index contributed by atoms with van der Waals surface area (Å²) in [5.41, 5.74) is 6.51. The lowest BCUT2D eigenvalue weighted by Gasteiger charge is -2.25. The number of ether oxygens (including phenoxy) is 4. The molecule has 0 saturated carbocycles. The van der Waals surface area contributed by atoms with Crippen molar-refractivity contribution in [2.45, 2.75) is 112 Å². The third kappa shape index (κ3) is 22.0. The van der Waals surface area contributed by atoms with Gasteiger partial charge in [-0.25, -0.2) is 9.59 Å². The number of hydrogen-bond acceptors (Lipinski definition) is 11. The van der Waals surface area contributed by atoms with Gasteiger partial charge >= 0.3 is 12.1 Å². The highest BCUT2D eigenvalue weighted by Gasteiger charge is 2.35. The highest BCUT2D eigenvalue weighted by Crippen LogP contribution is 2.20. The van der Waals surface area contributed by atoms with Crippen molar-refractivity contribution in [3.8, 4) is 0 Å². The normalized spacial score (nSPS) is 15.1. The number of imide groups is 1. The van der Waals surface area contributed by atoms with Crippen LogP contribution in [0.3, 0.4) is 0 Å². The Morgan fingerprint density at radius 2 is 1.47 bits per heavy atom. The standard InChI is InChI=1S/C42H69N7O11/c1-29(2)36(48-34(50)12-8-7-9-20-49-35(51)27-30(3)39(49)54)38(53)47-33(11-10-18-44-40(43)55)37(52)46-32-15-13-31(14-16-32)28-60-41(56)45-19-22-58-24-26-59-25-23-57-21-17-42(4,5)6/h13-16,29-30,33,36H,7-12,17-28H2,1-6H3,(H,45,56)(H,46,52)(H,47,53)(H,48,50)(H3,43,44,55)/t30?,33-,36-/m0/s1. The van der Waals surface area contributed by atoms with Crippen LogP contribution in [0, 0.1) is 17.3 Å². The zero-order chi connectivity index (χ0) is 44.5. The molecule has 7 N–H and O–H groups in total. The first-order chi connectivity index (χ1) is 28.5. The molecule has 0 aromatic heterocycles. The predicted octanol–water partition coefficient (Wildman–Crippen LogP) is 3.37. The van der Waals surface area contributed by atoms with Gasteiger partial charge in [0.15, 0.2) is 0 Å². The number of nitrogens with zero attached hydrogens (tertiary/aromatic N) is 1. The summed E-state index contributed by atoms with van der Waals surface area (Å²) in [5.74, 6) is -2.34. The summed E-state index contributed by atoms with van der Waals surface area (Å²) in [7, 11) is 0. The molecule has 18 nitrogen and oxygen atoms in total. The average molecular weight is 848 g/mol. The zero-order valence-electron chi connectivity index (χ0n) is 36.4. The number of amides is 8. The Balaban J connectivity index is 1.77. The summed E-state index contributed by atoms with van der Waals surface area (Å²) in [5, 5.41) is 13.4. The number of nitrogens with two attached hydrogens (primary N) is 1. The van der Waals surface area contributed by atoms with E-state index in [9.17, 15) is 33.6 Å². The third-order valence-corrected chi connectivity index (χ3v) is 9.47. The first-order valence-corrected chi connectivity index (χ1v) is 21.0. The maximum absolute atomic E-state index is 13.5. The fourth-order valence-corrected chi connectivity index (χ4v) is 5.90. The van der Waals surface area contributed by atoms with E-state index in [4.69, 9.17) is 24.7 Å². The van der Waals surface area contributed by atoms with Crippen molar-refractivity contribution in [1.29, 1.82) is 0 Å². The molecular weight excluding hydrogens is 778 g/mol. The number of anilines is 1. The van der Waals surface area contributed by atoms with Crippen LogP contribution >= 0.6 is 0 Å². The Morgan fingerprint density at radius 1 is 0.817 bits per heavy atom. The second-order valence-corrected chi connectivity index (χ2v) is 16.4. The first-order valence-electron chi connectivity index (χ1n) is 21.0. The summed E-state index contributed by atoms with van der Waals surface area (Å²) >= 11 is 0. The molecule has 3 atom stereocenters. The third-order valence-electron chi connectivity index (χ3n) is 9.47. The Morgan fingerprint density at radius 3 is 2.07 bits per heavy atom. The van der Waals surface area contributed by atoms with E-state index in [0.29, 0.717) is 83.1 Å². The lowest BCUT2D eigenvalue weighted by molar-refractivity contribution is -0.139. The summed E-state index contributed by atoms with van der Waals surface area (Å²) in [6.45, 7) is 15.4. The van der Waals surface area contributed by atoms with Gasteiger partial charge in [-0.3, -0.25) is 28.9 Å². The number of carbonyl (C=O) groups is 7. The van der Waals surface area contributed by atoms with Crippen molar-refractivity contribution in [2.24, 2.45) is 23.0 Å². The summed E-state index contributed by atoms with van der Waals surface area (Å²) in [6.07, 6.45) is 2.91. The van der Waals surface area contributed by atoms with Crippen LogP contribution in [0.15, 0.2) is 24.3 Å². The average Bonchev–Trinajstić information content (AvgIpc) is 3.42. The summed E-state index contributed by atoms with van der Waals surface area (Å²) in [6, 6.07) is 3.97. The van der Waals surface area contributed by atoms with E-state index in [1.54, 1.807) is 45.0 Å². The van der Waals surface area contributed by atoms with Crippen LogP contribution in [0.2, 0.25) is 0 Å². The van der Waals surface area contributed by atoms with Gasteiger partial charge in [0.1, 0.15) is 18.7 Å². The van der Waals surface area contributed by atoms with E-state index < -0.39 is 36.0 Å². The minimum atomic E-state index is -1.02. The largest absolute Gasteiger partial charge is 0.445 e. The zero-order valence-corrected chi connectivity index (χ0v) is 36.4. The number of rotatable bonds is 29. The van der Waals surface area contributed by atoms with Crippen molar-refractivity contribution in [1.82, 2.24) is 26.2 Å². The highest BCUT2D eigenvalue weighted by atomic mass is 16.6. The van der Waals surface area contributed by atoms with Crippen molar-refractivity contribution < 1.29 is 52.5 Å². The second-order valence-electron chi connectivity index (χ2n) is 16.4. The summed E-state index contributed by atoms with van der Waals surface area (Å²) < 4.78 is 21.8. The van der Waals surface area contributed by atoms with E-state index in [2.05, 4.69) is 47.4 Å². The van der Waals surface area contributed by atoms with Gasteiger partial charge in [0.2, 0.25) is 29.5 Å². The molecule has 1 aliphatic heterocycles. The molecular formula is C42H69N7O11. The molecule has 1 aromatic carbocycles. The molecule has 0 bridgehead atoms. The number of unbranched alkanes of at least 4 members (excludes halogenated alkanes) is 2. The van der Waals surface area contributed by atoms with Gasteiger partial charge in [0.05, 0.1) is 33.0 Å². The molecule has 1 saturated heterocycles. The molecule has 1 unspecified atom stereocenters. The van der Waals surface area contributed by atoms with Gasteiger partial charge < -0.3 is 51.3 Å². The minimum Gasteiger partial charge on any atom is -0.445 e. The van der Waals surface area contributed by atoms with Crippen LogP contribution < -0.4 is 32.3 Å². The number of primary amides is 1. The number of carbonyl (C=O) groups excluding carboxylic acids is 7. The van der Waals surface area contributed by atoms with Crippen LogP contribution in [0.4, 0.5) is 15.3 Å². The van der Waals surface area contributed by atoms with Crippen LogP contribution in [-0.2, 0) is 49.5 Å². The quantitative estimate of drug-likeness (QED) is 0.0504. The second kappa shape index (κ2) is 27.9. The smallest absolute Gasteiger partial charge is 0.407 e. The van der Waals surface area contributed by atoms with E-state index in [0.717, 1.165) is 6.42 Å². The van der Waals surface area contributed by atoms with Gasteiger partial charge in [-0.05, 0) is 61.1 Å². The molecule has 1 aromatic rings. The molecule has 0 spiro atoms. The van der Waals surface area contributed by atoms with Gasteiger partial charge in [-0.2, -0.15) is 0 Å². The van der Waals surface area contributed by atoms with Gasteiger partial charge in [0.25, 0.3) is 0 Å². The Kier molecular flexibility index (Phi) is 23.8. The number of benzene rings is 1. The lowest BCUT2D eigenvalue weighted by atomic mass is 9.93. The number of hydrogen-bond donors (Lipinski definition) is 6. The number of urea groups is 1.